The molecule has 1 aromatic heterocycles. The van der Waals surface area contributed by atoms with Gasteiger partial charge in [0.15, 0.2) is 6.04 Å². The minimum atomic E-state index is -1.01. The maximum absolute atomic E-state index is 11.6. The van der Waals surface area contributed by atoms with Gasteiger partial charge in [0.2, 0.25) is 0 Å². The summed E-state index contributed by atoms with van der Waals surface area (Å²) in [5.74, 6) is -1.05. The van der Waals surface area contributed by atoms with Crippen molar-refractivity contribution in [1.29, 1.82) is 0 Å². The van der Waals surface area contributed by atoms with E-state index in [1.807, 2.05) is 13.0 Å². The average Bonchev–Trinajstić information content (AvgIpc) is 2.71. The number of aliphatic hydroxyl groups excluding tert-OH is 1. The van der Waals surface area contributed by atoms with Crippen molar-refractivity contribution in [3.8, 4) is 0 Å². The van der Waals surface area contributed by atoms with E-state index in [0.717, 1.165) is 4.88 Å². The molecule has 0 saturated heterocycles. The number of amides is 1. The molecule has 88 valence electrons. The average molecular weight is 243 g/mol. The summed E-state index contributed by atoms with van der Waals surface area (Å²) >= 11 is 1.32. The van der Waals surface area contributed by atoms with Crippen LogP contribution in [0.4, 0.5) is 0 Å². The number of aliphatic hydroxyl groups is 1. The smallest absolute Gasteiger partial charge is 0.330 e. The third kappa shape index (κ3) is 3.04. The zero-order chi connectivity index (χ0) is 12.1. The fourth-order valence-electron chi connectivity index (χ4n) is 1.11. The number of rotatable bonds is 4. The summed E-state index contributed by atoms with van der Waals surface area (Å²) in [7, 11) is 1.20. The van der Waals surface area contributed by atoms with Crippen LogP contribution in [-0.4, -0.2) is 36.7 Å². The third-order valence-electron chi connectivity index (χ3n) is 1.94. The molecule has 1 aromatic rings. The van der Waals surface area contributed by atoms with Crippen LogP contribution in [0.25, 0.3) is 0 Å². The van der Waals surface area contributed by atoms with Gasteiger partial charge in [-0.05, 0) is 19.1 Å². The molecule has 0 aliphatic rings. The summed E-state index contributed by atoms with van der Waals surface area (Å²) in [6.07, 6.45) is 0. The lowest BCUT2D eigenvalue weighted by Crippen LogP contribution is -2.43. The van der Waals surface area contributed by atoms with Gasteiger partial charge in [-0.3, -0.25) is 4.79 Å². The Labute approximate surface area is 97.0 Å². The summed E-state index contributed by atoms with van der Waals surface area (Å²) in [5, 5.41) is 11.3. The maximum atomic E-state index is 11.6. The number of hydrogen-bond donors (Lipinski definition) is 2. The fraction of sp³-hybridized carbons (Fsp3) is 0.400. The standard InChI is InChI=1S/C10H13NO4S/c1-6-3-4-8(16-6)9(13)11-7(5-12)10(14)15-2/h3-4,7,12H,5H2,1-2H3,(H,11,13). The first-order chi connectivity index (χ1) is 7.58. The summed E-state index contributed by atoms with van der Waals surface area (Å²) in [5.41, 5.74) is 0. The highest BCUT2D eigenvalue weighted by atomic mass is 32.1. The molecule has 1 atom stereocenters. The lowest BCUT2D eigenvalue weighted by Gasteiger charge is -2.12. The maximum Gasteiger partial charge on any atom is 0.330 e. The molecule has 16 heavy (non-hydrogen) atoms. The molecule has 6 heteroatoms. The van der Waals surface area contributed by atoms with Crippen molar-refractivity contribution in [2.45, 2.75) is 13.0 Å². The molecule has 0 aromatic carbocycles. The van der Waals surface area contributed by atoms with Crippen LogP contribution in [0.5, 0.6) is 0 Å². The highest BCUT2D eigenvalue weighted by molar-refractivity contribution is 7.13. The first kappa shape index (κ1) is 12.7. The fourth-order valence-corrected chi connectivity index (χ4v) is 1.88. The number of ether oxygens (including phenoxy) is 1. The third-order valence-corrected chi connectivity index (χ3v) is 2.94. The highest BCUT2D eigenvalue weighted by Gasteiger charge is 2.21. The molecule has 1 heterocycles. The Kier molecular flexibility index (Phi) is 4.45. The number of carbonyl (C=O) groups excluding carboxylic acids is 2. The minimum Gasteiger partial charge on any atom is -0.467 e. The van der Waals surface area contributed by atoms with Crippen LogP contribution in [0.3, 0.4) is 0 Å². The second-order valence-corrected chi connectivity index (χ2v) is 4.43. The SMILES string of the molecule is COC(=O)C(CO)NC(=O)c1ccc(C)s1. The van der Waals surface area contributed by atoms with Crippen molar-refractivity contribution in [2.75, 3.05) is 13.7 Å². The minimum absolute atomic E-state index is 0.387. The molecule has 5 nitrogen and oxygen atoms in total. The van der Waals surface area contributed by atoms with Gasteiger partial charge >= 0.3 is 5.97 Å². The summed E-state index contributed by atoms with van der Waals surface area (Å²) in [4.78, 5) is 24.3. The van der Waals surface area contributed by atoms with Crippen LogP contribution in [0.15, 0.2) is 12.1 Å². The molecule has 0 bridgehead atoms. The van der Waals surface area contributed by atoms with Gasteiger partial charge in [-0.15, -0.1) is 11.3 Å². The number of thiophene rings is 1. The highest BCUT2D eigenvalue weighted by Crippen LogP contribution is 2.14. The van der Waals surface area contributed by atoms with Crippen LogP contribution in [0.2, 0.25) is 0 Å². The lowest BCUT2D eigenvalue weighted by atomic mass is 10.3. The second-order valence-electron chi connectivity index (χ2n) is 3.14. The summed E-state index contributed by atoms with van der Waals surface area (Å²) < 4.78 is 4.43. The van der Waals surface area contributed by atoms with E-state index in [1.54, 1.807) is 6.07 Å². The Bertz CT molecular complexity index is 388. The number of nitrogens with one attached hydrogen (secondary N) is 1. The van der Waals surface area contributed by atoms with Crippen LogP contribution < -0.4 is 5.32 Å². The van der Waals surface area contributed by atoms with Crippen molar-refractivity contribution in [1.82, 2.24) is 5.32 Å². The monoisotopic (exact) mass is 243 g/mol. The van der Waals surface area contributed by atoms with Crippen LogP contribution >= 0.6 is 11.3 Å². The Morgan fingerprint density at radius 3 is 2.69 bits per heavy atom. The van der Waals surface area contributed by atoms with E-state index in [2.05, 4.69) is 10.1 Å². The Morgan fingerprint density at radius 1 is 1.56 bits per heavy atom. The summed E-state index contributed by atoms with van der Waals surface area (Å²) in [6, 6.07) is 2.46. The van der Waals surface area contributed by atoms with Gasteiger partial charge in [0.25, 0.3) is 5.91 Å². The quantitative estimate of drug-likeness (QED) is 0.747. The van der Waals surface area contributed by atoms with E-state index in [9.17, 15) is 9.59 Å². The second kappa shape index (κ2) is 5.62. The Hall–Kier alpha value is -1.40. The normalized spacial score (nSPS) is 11.9. The number of carbonyl (C=O) groups is 2. The largest absolute Gasteiger partial charge is 0.467 e. The van der Waals surface area contributed by atoms with Crippen LogP contribution in [0, 0.1) is 6.92 Å². The van der Waals surface area contributed by atoms with Gasteiger partial charge in [0, 0.05) is 4.88 Å². The molecule has 0 radical (unpaired) electrons. The van der Waals surface area contributed by atoms with Gasteiger partial charge in [0.05, 0.1) is 18.6 Å². The predicted octanol–water partition coefficient (Wildman–Crippen LogP) is 0.320. The van der Waals surface area contributed by atoms with Gasteiger partial charge in [-0.25, -0.2) is 4.79 Å². The number of methoxy groups -OCH3 is 1. The van der Waals surface area contributed by atoms with Crippen molar-refractivity contribution in [2.24, 2.45) is 0 Å². The molecule has 0 saturated carbocycles. The Balaban J connectivity index is 2.66. The predicted molar refractivity (Wildman–Crippen MR) is 59.4 cm³/mol. The topological polar surface area (TPSA) is 75.6 Å². The van der Waals surface area contributed by atoms with E-state index >= 15 is 0 Å². The molecular weight excluding hydrogens is 230 g/mol. The van der Waals surface area contributed by atoms with Crippen molar-refractivity contribution >= 4 is 23.2 Å². The van der Waals surface area contributed by atoms with E-state index in [4.69, 9.17) is 5.11 Å². The summed E-state index contributed by atoms with van der Waals surface area (Å²) in [6.45, 7) is 1.40. The number of hydrogen-bond acceptors (Lipinski definition) is 5. The zero-order valence-corrected chi connectivity index (χ0v) is 9.84. The molecule has 0 spiro atoms. The van der Waals surface area contributed by atoms with Gasteiger partial charge in [-0.1, -0.05) is 0 Å². The van der Waals surface area contributed by atoms with Crippen molar-refractivity contribution in [3.63, 3.8) is 0 Å². The molecule has 1 rings (SSSR count). The first-order valence-corrected chi connectivity index (χ1v) is 5.46. The molecule has 0 fully saturated rings. The Morgan fingerprint density at radius 2 is 2.25 bits per heavy atom. The van der Waals surface area contributed by atoms with Gasteiger partial charge < -0.3 is 15.2 Å². The van der Waals surface area contributed by atoms with E-state index in [-0.39, 0.29) is 5.91 Å². The lowest BCUT2D eigenvalue weighted by molar-refractivity contribution is -0.143. The number of esters is 1. The molecule has 1 unspecified atom stereocenters. The van der Waals surface area contributed by atoms with Gasteiger partial charge in [-0.2, -0.15) is 0 Å². The molecule has 1 amide bonds. The zero-order valence-electron chi connectivity index (χ0n) is 9.02. The van der Waals surface area contributed by atoms with E-state index < -0.39 is 18.6 Å². The van der Waals surface area contributed by atoms with Gasteiger partial charge in [0.1, 0.15) is 0 Å². The van der Waals surface area contributed by atoms with Crippen molar-refractivity contribution < 1.29 is 19.4 Å². The molecular formula is C10H13NO4S. The van der Waals surface area contributed by atoms with E-state index in [1.165, 1.54) is 18.4 Å². The molecule has 0 aliphatic heterocycles. The van der Waals surface area contributed by atoms with Crippen LogP contribution in [0.1, 0.15) is 14.5 Å². The molecule has 0 aliphatic carbocycles. The first-order valence-electron chi connectivity index (χ1n) is 4.64. The molecule has 2 N–H and O–H groups in total. The number of aryl methyl sites for hydroxylation is 1. The van der Waals surface area contributed by atoms with Crippen LogP contribution in [-0.2, 0) is 9.53 Å². The van der Waals surface area contributed by atoms with E-state index in [0.29, 0.717) is 4.88 Å². The van der Waals surface area contributed by atoms with Crippen molar-refractivity contribution in [3.05, 3.63) is 21.9 Å².